The Balaban J connectivity index is 2.16. The maximum absolute atomic E-state index is 10.6. The first kappa shape index (κ1) is 14.4. The van der Waals surface area contributed by atoms with Crippen LogP contribution in [-0.2, 0) is 0 Å². The number of rotatable bonds is 2. The third-order valence-corrected chi connectivity index (χ3v) is 5.32. The van der Waals surface area contributed by atoms with E-state index in [1.165, 1.54) is 6.42 Å². The summed E-state index contributed by atoms with van der Waals surface area (Å²) < 4.78 is 0.950. The highest BCUT2D eigenvalue weighted by Gasteiger charge is 2.30. The largest absolute Gasteiger partial charge is 0.388 e. The predicted octanol–water partition coefficient (Wildman–Crippen LogP) is 5.21. The van der Waals surface area contributed by atoms with Crippen molar-refractivity contribution in [2.75, 3.05) is 0 Å². The maximum Gasteiger partial charge on any atom is 0.0829 e. The minimum atomic E-state index is -0.409. The molecule has 1 aliphatic carbocycles. The van der Waals surface area contributed by atoms with Crippen molar-refractivity contribution in [3.63, 3.8) is 0 Å². The molecule has 18 heavy (non-hydrogen) atoms. The van der Waals surface area contributed by atoms with Gasteiger partial charge in [0.1, 0.15) is 0 Å². The lowest BCUT2D eigenvalue weighted by atomic mass is 9.73. The molecule has 1 fully saturated rings. The summed E-state index contributed by atoms with van der Waals surface area (Å²) >= 11 is 9.53. The molecule has 0 spiro atoms. The number of aliphatic hydroxyl groups is 1. The van der Waals surface area contributed by atoms with Crippen molar-refractivity contribution in [1.29, 1.82) is 0 Å². The minimum Gasteiger partial charge on any atom is -0.388 e. The van der Waals surface area contributed by atoms with Gasteiger partial charge in [-0.2, -0.15) is 0 Å². The van der Waals surface area contributed by atoms with Gasteiger partial charge in [0.05, 0.1) is 6.10 Å². The highest BCUT2D eigenvalue weighted by Crippen LogP contribution is 2.41. The van der Waals surface area contributed by atoms with Crippen molar-refractivity contribution in [2.24, 2.45) is 17.8 Å². The molecule has 0 heterocycles. The molecule has 0 radical (unpaired) electrons. The van der Waals surface area contributed by atoms with Crippen molar-refractivity contribution >= 4 is 27.5 Å². The average molecular weight is 332 g/mol. The zero-order chi connectivity index (χ0) is 13.3. The molecular weight excluding hydrogens is 312 g/mol. The van der Waals surface area contributed by atoms with Gasteiger partial charge in [-0.15, -0.1) is 0 Å². The Labute approximate surface area is 123 Å². The van der Waals surface area contributed by atoms with E-state index >= 15 is 0 Å². The van der Waals surface area contributed by atoms with Gasteiger partial charge in [0.2, 0.25) is 0 Å². The molecule has 0 bridgehead atoms. The first-order chi connectivity index (χ1) is 8.49. The molecule has 1 N–H and O–H groups in total. The number of halogens is 2. The van der Waals surface area contributed by atoms with E-state index in [2.05, 4.69) is 29.8 Å². The fraction of sp³-hybridized carbons (Fsp3) is 0.600. The Morgan fingerprint density at radius 1 is 1.28 bits per heavy atom. The van der Waals surface area contributed by atoms with E-state index < -0.39 is 6.10 Å². The summed E-state index contributed by atoms with van der Waals surface area (Å²) in [6.07, 6.45) is 3.00. The van der Waals surface area contributed by atoms with Gasteiger partial charge < -0.3 is 5.11 Å². The zero-order valence-corrected chi connectivity index (χ0v) is 13.2. The van der Waals surface area contributed by atoms with E-state index in [9.17, 15) is 5.11 Å². The molecule has 1 nitrogen and oxygen atoms in total. The van der Waals surface area contributed by atoms with Crippen LogP contribution < -0.4 is 0 Å². The van der Waals surface area contributed by atoms with Gasteiger partial charge in [-0.1, -0.05) is 47.8 Å². The highest BCUT2D eigenvalue weighted by atomic mass is 79.9. The van der Waals surface area contributed by atoms with E-state index in [1.54, 1.807) is 0 Å². The molecule has 2 rings (SSSR count). The summed E-state index contributed by atoms with van der Waals surface area (Å²) in [5, 5.41) is 11.3. The van der Waals surface area contributed by atoms with Crippen LogP contribution in [0.15, 0.2) is 22.7 Å². The third kappa shape index (κ3) is 3.09. The summed E-state index contributed by atoms with van der Waals surface area (Å²) in [4.78, 5) is 0. The second-order valence-electron chi connectivity index (χ2n) is 5.64. The molecule has 0 amide bonds. The van der Waals surface area contributed by atoms with Crippen molar-refractivity contribution < 1.29 is 5.11 Å². The molecule has 0 aromatic heterocycles. The van der Waals surface area contributed by atoms with E-state index in [0.717, 1.165) is 28.8 Å². The number of aliphatic hydroxyl groups excluding tert-OH is 1. The highest BCUT2D eigenvalue weighted by molar-refractivity contribution is 9.10. The van der Waals surface area contributed by atoms with Crippen molar-refractivity contribution in [3.8, 4) is 0 Å². The Bertz CT molecular complexity index is 421. The Kier molecular flexibility index (Phi) is 4.74. The molecule has 0 saturated heterocycles. The van der Waals surface area contributed by atoms with E-state index in [4.69, 9.17) is 11.6 Å². The second kappa shape index (κ2) is 5.94. The zero-order valence-electron chi connectivity index (χ0n) is 10.9. The lowest BCUT2D eigenvalue weighted by Gasteiger charge is -2.35. The first-order valence-corrected chi connectivity index (χ1v) is 7.79. The lowest BCUT2D eigenvalue weighted by Crippen LogP contribution is -2.25. The normalized spacial score (nSPS) is 30.2. The first-order valence-electron chi connectivity index (χ1n) is 6.62. The van der Waals surface area contributed by atoms with Crippen LogP contribution in [0.3, 0.4) is 0 Å². The van der Waals surface area contributed by atoms with Gasteiger partial charge in [0, 0.05) is 9.50 Å². The number of benzene rings is 1. The molecule has 1 aromatic rings. The van der Waals surface area contributed by atoms with Gasteiger partial charge >= 0.3 is 0 Å². The van der Waals surface area contributed by atoms with Gasteiger partial charge in [-0.25, -0.2) is 0 Å². The van der Waals surface area contributed by atoms with Crippen molar-refractivity contribution in [3.05, 3.63) is 33.3 Å². The Morgan fingerprint density at radius 3 is 2.67 bits per heavy atom. The van der Waals surface area contributed by atoms with Crippen LogP contribution in [0, 0.1) is 17.8 Å². The van der Waals surface area contributed by atoms with Crippen LogP contribution in [0.5, 0.6) is 0 Å². The van der Waals surface area contributed by atoms with Crippen LogP contribution >= 0.6 is 27.5 Å². The second-order valence-corrected chi connectivity index (χ2v) is 6.93. The van der Waals surface area contributed by atoms with Crippen LogP contribution in [0.2, 0.25) is 5.02 Å². The molecule has 4 atom stereocenters. The van der Waals surface area contributed by atoms with E-state index in [-0.39, 0.29) is 0 Å². The SMILES string of the molecule is CC1CCC(C(O)c2cc(Cl)ccc2Br)CC1C. The predicted molar refractivity (Wildman–Crippen MR) is 79.8 cm³/mol. The smallest absolute Gasteiger partial charge is 0.0829 e. The number of hydrogen-bond acceptors (Lipinski definition) is 1. The summed E-state index contributed by atoms with van der Waals surface area (Å²) in [6.45, 7) is 4.60. The Morgan fingerprint density at radius 2 is 2.00 bits per heavy atom. The molecule has 3 heteroatoms. The van der Waals surface area contributed by atoms with Crippen LogP contribution in [0.4, 0.5) is 0 Å². The molecule has 100 valence electrons. The molecular formula is C15H20BrClO. The maximum atomic E-state index is 10.6. The van der Waals surface area contributed by atoms with Crippen molar-refractivity contribution in [2.45, 2.75) is 39.2 Å². The molecule has 0 aliphatic heterocycles. The fourth-order valence-corrected chi connectivity index (χ4v) is 3.53. The summed E-state index contributed by atoms with van der Waals surface area (Å²) in [7, 11) is 0. The molecule has 1 saturated carbocycles. The third-order valence-electron chi connectivity index (χ3n) is 4.36. The monoisotopic (exact) mass is 330 g/mol. The van der Waals surface area contributed by atoms with Crippen molar-refractivity contribution in [1.82, 2.24) is 0 Å². The average Bonchev–Trinajstić information content (AvgIpc) is 2.35. The Hall–Kier alpha value is -0.0500. The number of hydrogen-bond donors (Lipinski definition) is 1. The summed E-state index contributed by atoms with van der Waals surface area (Å²) in [5.74, 6) is 1.82. The van der Waals surface area contributed by atoms with Crippen LogP contribution in [0.25, 0.3) is 0 Å². The quantitative estimate of drug-likeness (QED) is 0.789. The summed E-state index contributed by atoms with van der Waals surface area (Å²) in [5.41, 5.74) is 0.925. The molecule has 4 unspecified atom stereocenters. The van der Waals surface area contributed by atoms with Gasteiger partial charge in [-0.3, -0.25) is 0 Å². The van der Waals surface area contributed by atoms with Gasteiger partial charge in [0.25, 0.3) is 0 Å². The van der Waals surface area contributed by atoms with E-state index in [0.29, 0.717) is 16.9 Å². The van der Waals surface area contributed by atoms with Gasteiger partial charge in [0.15, 0.2) is 0 Å². The topological polar surface area (TPSA) is 20.2 Å². The van der Waals surface area contributed by atoms with E-state index in [1.807, 2.05) is 18.2 Å². The molecule has 1 aliphatic rings. The minimum absolute atomic E-state index is 0.353. The summed E-state index contributed by atoms with van der Waals surface area (Å²) in [6, 6.07) is 5.63. The van der Waals surface area contributed by atoms with Gasteiger partial charge in [-0.05, 0) is 54.4 Å². The van der Waals surface area contributed by atoms with Crippen LogP contribution in [0.1, 0.15) is 44.8 Å². The lowest BCUT2D eigenvalue weighted by molar-refractivity contribution is 0.0556. The molecule has 1 aromatic carbocycles. The standard InChI is InChI=1S/C15H20BrClO/c1-9-3-4-11(7-10(9)2)15(18)13-8-12(17)5-6-14(13)16/h5-6,8-11,15,18H,3-4,7H2,1-2H3. The van der Waals surface area contributed by atoms with Crippen LogP contribution in [-0.4, -0.2) is 5.11 Å². The fourth-order valence-electron chi connectivity index (χ4n) is 2.87.